The predicted octanol–water partition coefficient (Wildman–Crippen LogP) is 2.21. The molecule has 1 aromatic heterocycles. The van der Waals surface area contributed by atoms with Crippen molar-refractivity contribution in [1.82, 2.24) is 15.1 Å². The third kappa shape index (κ3) is 2.41. The fraction of sp³-hybridized carbons (Fsp3) is 0.467. The Morgan fingerprint density at radius 1 is 1.14 bits per heavy atom. The molecule has 1 amide bonds. The van der Waals surface area contributed by atoms with Gasteiger partial charge in [0.25, 0.3) is 5.91 Å². The van der Waals surface area contributed by atoms with Crippen LogP contribution >= 0.6 is 0 Å². The molecule has 3 rings (SSSR count). The Morgan fingerprint density at radius 3 is 2.48 bits per heavy atom. The molecule has 2 aromatic rings. The van der Waals surface area contributed by atoms with E-state index in [4.69, 9.17) is 9.47 Å². The van der Waals surface area contributed by atoms with Crippen molar-refractivity contribution in [3.8, 4) is 11.5 Å². The standard InChI is InChI=1S/C15H19N3O3/c1-20-12-8-10-11(9-13(12)21-2)16-17-14(10)15(19)18-6-4-3-5-7-18/h8-9H,3-7H2,1-2H3,(H,16,17). The van der Waals surface area contributed by atoms with Gasteiger partial charge in [0, 0.05) is 24.5 Å². The van der Waals surface area contributed by atoms with E-state index in [1.54, 1.807) is 26.4 Å². The number of methoxy groups -OCH3 is 2. The van der Waals surface area contributed by atoms with Gasteiger partial charge < -0.3 is 14.4 Å². The molecule has 6 nitrogen and oxygen atoms in total. The second-order valence-corrected chi connectivity index (χ2v) is 5.18. The normalized spacial score (nSPS) is 15.2. The third-order valence-electron chi connectivity index (χ3n) is 3.91. The first-order valence-corrected chi connectivity index (χ1v) is 7.14. The predicted molar refractivity (Wildman–Crippen MR) is 79.0 cm³/mol. The largest absolute Gasteiger partial charge is 0.493 e. The van der Waals surface area contributed by atoms with Crippen molar-refractivity contribution in [3.63, 3.8) is 0 Å². The summed E-state index contributed by atoms with van der Waals surface area (Å²) in [5.74, 6) is 1.19. The molecule has 112 valence electrons. The van der Waals surface area contributed by atoms with Crippen molar-refractivity contribution in [2.45, 2.75) is 19.3 Å². The number of hydrogen-bond donors (Lipinski definition) is 1. The Hall–Kier alpha value is -2.24. The van der Waals surface area contributed by atoms with Crippen LogP contribution in [0.15, 0.2) is 12.1 Å². The van der Waals surface area contributed by atoms with Crippen molar-refractivity contribution in [2.24, 2.45) is 0 Å². The number of aromatic nitrogens is 2. The lowest BCUT2D eigenvalue weighted by atomic mass is 10.1. The van der Waals surface area contributed by atoms with Gasteiger partial charge in [-0.1, -0.05) is 0 Å². The van der Waals surface area contributed by atoms with Gasteiger partial charge in [0.2, 0.25) is 0 Å². The van der Waals surface area contributed by atoms with E-state index in [0.717, 1.165) is 36.8 Å². The van der Waals surface area contributed by atoms with Crippen LogP contribution in [0.25, 0.3) is 10.9 Å². The summed E-state index contributed by atoms with van der Waals surface area (Å²) in [4.78, 5) is 14.5. The van der Waals surface area contributed by atoms with Gasteiger partial charge in [-0.05, 0) is 25.3 Å². The van der Waals surface area contributed by atoms with Crippen molar-refractivity contribution in [1.29, 1.82) is 0 Å². The second-order valence-electron chi connectivity index (χ2n) is 5.18. The molecule has 2 heterocycles. The Bertz CT molecular complexity index is 659. The lowest BCUT2D eigenvalue weighted by Gasteiger charge is -2.25. The first kappa shape index (κ1) is 13.7. The van der Waals surface area contributed by atoms with Gasteiger partial charge in [0.1, 0.15) is 0 Å². The van der Waals surface area contributed by atoms with Crippen LogP contribution in [0, 0.1) is 0 Å². The van der Waals surface area contributed by atoms with E-state index in [1.807, 2.05) is 4.90 Å². The number of fused-ring (bicyclic) bond motifs is 1. The number of carbonyl (C=O) groups excluding carboxylic acids is 1. The minimum atomic E-state index is -0.0202. The first-order chi connectivity index (χ1) is 10.2. The minimum absolute atomic E-state index is 0.0202. The Balaban J connectivity index is 2.00. The maximum absolute atomic E-state index is 12.6. The molecule has 1 aliphatic rings. The maximum Gasteiger partial charge on any atom is 0.274 e. The smallest absolute Gasteiger partial charge is 0.274 e. The molecule has 0 aliphatic carbocycles. The number of nitrogens with one attached hydrogen (secondary N) is 1. The van der Waals surface area contributed by atoms with Crippen LogP contribution in [0.2, 0.25) is 0 Å². The van der Waals surface area contributed by atoms with E-state index < -0.39 is 0 Å². The molecule has 6 heteroatoms. The van der Waals surface area contributed by atoms with Crippen LogP contribution in [0.1, 0.15) is 29.8 Å². The Morgan fingerprint density at radius 2 is 1.81 bits per heavy atom. The number of amides is 1. The second kappa shape index (κ2) is 5.63. The van der Waals surface area contributed by atoms with E-state index in [-0.39, 0.29) is 5.91 Å². The van der Waals surface area contributed by atoms with Crippen LogP contribution in [0.5, 0.6) is 11.5 Å². The van der Waals surface area contributed by atoms with Crippen molar-refractivity contribution >= 4 is 16.8 Å². The zero-order valence-electron chi connectivity index (χ0n) is 12.3. The molecule has 1 aromatic carbocycles. The molecule has 1 saturated heterocycles. The summed E-state index contributed by atoms with van der Waals surface area (Å²) in [7, 11) is 3.16. The van der Waals surface area contributed by atoms with Crippen LogP contribution < -0.4 is 9.47 Å². The molecule has 0 unspecified atom stereocenters. The fourth-order valence-electron chi connectivity index (χ4n) is 2.75. The fourth-order valence-corrected chi connectivity index (χ4v) is 2.75. The monoisotopic (exact) mass is 289 g/mol. The van der Waals surface area contributed by atoms with Crippen LogP contribution in [-0.4, -0.2) is 48.3 Å². The zero-order valence-corrected chi connectivity index (χ0v) is 12.3. The van der Waals surface area contributed by atoms with Gasteiger partial charge in [-0.15, -0.1) is 0 Å². The quantitative estimate of drug-likeness (QED) is 0.940. The number of benzene rings is 1. The lowest BCUT2D eigenvalue weighted by Crippen LogP contribution is -2.35. The third-order valence-corrected chi connectivity index (χ3v) is 3.91. The van der Waals surface area contributed by atoms with Gasteiger partial charge in [-0.25, -0.2) is 0 Å². The van der Waals surface area contributed by atoms with Gasteiger partial charge in [-0.3, -0.25) is 9.89 Å². The summed E-state index contributed by atoms with van der Waals surface area (Å²) in [6.45, 7) is 1.61. The number of aromatic amines is 1. The number of hydrogen-bond acceptors (Lipinski definition) is 4. The van der Waals surface area contributed by atoms with Crippen molar-refractivity contribution in [3.05, 3.63) is 17.8 Å². The van der Waals surface area contributed by atoms with Gasteiger partial charge >= 0.3 is 0 Å². The molecule has 0 bridgehead atoms. The molecular formula is C15H19N3O3. The average Bonchev–Trinajstić information content (AvgIpc) is 2.96. The highest BCUT2D eigenvalue weighted by Crippen LogP contribution is 2.33. The summed E-state index contributed by atoms with van der Waals surface area (Å²) in [6.07, 6.45) is 3.31. The number of nitrogens with zero attached hydrogens (tertiary/aromatic N) is 2. The molecule has 21 heavy (non-hydrogen) atoms. The Labute approximate surface area is 123 Å². The molecule has 1 fully saturated rings. The maximum atomic E-state index is 12.6. The number of carbonyl (C=O) groups is 1. The highest BCUT2D eigenvalue weighted by Gasteiger charge is 2.23. The van der Waals surface area contributed by atoms with Gasteiger partial charge in [-0.2, -0.15) is 5.10 Å². The molecule has 0 radical (unpaired) electrons. The number of likely N-dealkylation sites (tertiary alicyclic amines) is 1. The molecule has 0 atom stereocenters. The van der Waals surface area contributed by atoms with E-state index in [2.05, 4.69) is 10.2 Å². The number of piperidine rings is 1. The summed E-state index contributed by atoms with van der Waals surface area (Å²) in [5.41, 5.74) is 1.22. The minimum Gasteiger partial charge on any atom is -0.493 e. The van der Waals surface area contributed by atoms with Crippen LogP contribution in [0.4, 0.5) is 0 Å². The van der Waals surface area contributed by atoms with Gasteiger partial charge in [0.05, 0.1) is 19.7 Å². The topological polar surface area (TPSA) is 67.5 Å². The van der Waals surface area contributed by atoms with Gasteiger partial charge in [0.15, 0.2) is 17.2 Å². The summed E-state index contributed by atoms with van der Waals surface area (Å²) < 4.78 is 10.6. The highest BCUT2D eigenvalue weighted by molar-refractivity contribution is 6.05. The van der Waals surface area contributed by atoms with Crippen LogP contribution in [0.3, 0.4) is 0 Å². The van der Waals surface area contributed by atoms with Crippen LogP contribution in [-0.2, 0) is 0 Å². The molecule has 0 spiro atoms. The van der Waals surface area contributed by atoms with E-state index in [0.29, 0.717) is 17.2 Å². The Kier molecular flexibility index (Phi) is 3.68. The number of ether oxygens (including phenoxy) is 2. The SMILES string of the molecule is COc1cc2[nH]nc(C(=O)N3CCCCC3)c2cc1OC. The average molecular weight is 289 g/mol. The molecule has 0 saturated carbocycles. The van der Waals surface area contributed by atoms with E-state index in [9.17, 15) is 4.79 Å². The number of rotatable bonds is 3. The zero-order chi connectivity index (χ0) is 14.8. The molecular weight excluding hydrogens is 270 g/mol. The lowest BCUT2D eigenvalue weighted by molar-refractivity contribution is 0.0720. The van der Waals surface area contributed by atoms with Crippen molar-refractivity contribution in [2.75, 3.05) is 27.3 Å². The molecule has 1 aliphatic heterocycles. The van der Waals surface area contributed by atoms with Crippen molar-refractivity contribution < 1.29 is 14.3 Å². The summed E-state index contributed by atoms with van der Waals surface area (Å²) in [6, 6.07) is 3.60. The van der Waals surface area contributed by atoms with E-state index in [1.165, 1.54) is 6.42 Å². The van der Waals surface area contributed by atoms with E-state index >= 15 is 0 Å². The first-order valence-electron chi connectivity index (χ1n) is 7.14. The summed E-state index contributed by atoms with van der Waals surface area (Å²) >= 11 is 0. The highest BCUT2D eigenvalue weighted by atomic mass is 16.5. The molecule has 1 N–H and O–H groups in total. The summed E-state index contributed by atoms with van der Waals surface area (Å²) in [5, 5.41) is 7.86. The number of H-pyrrole nitrogens is 1.